The zero-order valence-corrected chi connectivity index (χ0v) is 8.08. The van der Waals surface area contributed by atoms with Crippen molar-refractivity contribution < 1.29 is 5.11 Å². The first-order valence-corrected chi connectivity index (χ1v) is 4.69. The van der Waals surface area contributed by atoms with Gasteiger partial charge in [-0.2, -0.15) is 0 Å². The van der Waals surface area contributed by atoms with Crippen LogP contribution in [0.15, 0.2) is 12.3 Å². The van der Waals surface area contributed by atoms with Gasteiger partial charge in [-0.05, 0) is 53.0 Å². The minimum absolute atomic E-state index is 0.315. The molecule has 1 fully saturated rings. The van der Waals surface area contributed by atoms with Crippen molar-refractivity contribution in [3.63, 3.8) is 0 Å². The maximum Gasteiger partial charge on any atom is 0.147 e. The van der Waals surface area contributed by atoms with Gasteiger partial charge in [0.05, 0.1) is 0 Å². The van der Waals surface area contributed by atoms with E-state index in [0.29, 0.717) is 15.4 Å². The minimum atomic E-state index is 0.315. The summed E-state index contributed by atoms with van der Waals surface area (Å²) in [6, 6.07) is 1.83. The van der Waals surface area contributed by atoms with Crippen molar-refractivity contribution in [2.24, 2.45) is 0 Å². The molecular formula is C8H8INO. The number of hydrogen-bond acceptors (Lipinski definition) is 2. The van der Waals surface area contributed by atoms with Gasteiger partial charge in [0.15, 0.2) is 0 Å². The van der Waals surface area contributed by atoms with E-state index in [0.717, 1.165) is 0 Å². The summed E-state index contributed by atoms with van der Waals surface area (Å²) in [6.45, 7) is 0. The van der Waals surface area contributed by atoms with Crippen molar-refractivity contribution in [2.45, 2.75) is 18.8 Å². The SMILES string of the molecule is Oc1cc(C2CC2)cnc1I. The Balaban J connectivity index is 2.36. The van der Waals surface area contributed by atoms with E-state index in [4.69, 9.17) is 0 Å². The summed E-state index contributed by atoms with van der Waals surface area (Å²) in [7, 11) is 0. The summed E-state index contributed by atoms with van der Waals surface area (Å²) >= 11 is 2.02. The summed E-state index contributed by atoms with van der Waals surface area (Å²) in [5.41, 5.74) is 1.18. The predicted molar refractivity (Wildman–Crippen MR) is 50.6 cm³/mol. The maximum atomic E-state index is 9.31. The maximum absolute atomic E-state index is 9.31. The number of nitrogens with zero attached hydrogens (tertiary/aromatic N) is 1. The smallest absolute Gasteiger partial charge is 0.147 e. The number of halogens is 1. The van der Waals surface area contributed by atoms with Gasteiger partial charge < -0.3 is 5.11 Å². The lowest BCUT2D eigenvalue weighted by molar-refractivity contribution is 0.467. The van der Waals surface area contributed by atoms with Crippen molar-refractivity contribution >= 4 is 22.6 Å². The van der Waals surface area contributed by atoms with Crippen molar-refractivity contribution in [1.82, 2.24) is 4.98 Å². The lowest BCUT2D eigenvalue weighted by Gasteiger charge is -1.99. The molecular weight excluding hydrogens is 253 g/mol. The summed E-state index contributed by atoms with van der Waals surface area (Å²) in [5, 5.41) is 9.31. The van der Waals surface area contributed by atoms with E-state index < -0.39 is 0 Å². The second-order valence-electron chi connectivity index (χ2n) is 2.85. The molecule has 2 nitrogen and oxygen atoms in total. The molecule has 0 unspecified atom stereocenters. The Kier molecular flexibility index (Phi) is 1.75. The van der Waals surface area contributed by atoms with Crippen LogP contribution in [0.2, 0.25) is 0 Å². The molecule has 1 aliphatic rings. The summed E-state index contributed by atoms with van der Waals surface area (Å²) < 4.78 is 0.687. The molecule has 1 N–H and O–H groups in total. The molecule has 11 heavy (non-hydrogen) atoms. The third-order valence-corrected chi connectivity index (χ3v) is 2.72. The van der Waals surface area contributed by atoms with E-state index in [-0.39, 0.29) is 0 Å². The molecule has 0 amide bonds. The molecule has 0 aliphatic heterocycles. The molecule has 1 aliphatic carbocycles. The molecule has 0 spiro atoms. The lowest BCUT2D eigenvalue weighted by Crippen LogP contribution is -1.85. The van der Waals surface area contributed by atoms with Gasteiger partial charge in [0.25, 0.3) is 0 Å². The van der Waals surface area contributed by atoms with Crippen molar-refractivity contribution in [3.8, 4) is 5.75 Å². The fraction of sp³-hybridized carbons (Fsp3) is 0.375. The molecule has 1 saturated carbocycles. The topological polar surface area (TPSA) is 33.1 Å². The van der Waals surface area contributed by atoms with Gasteiger partial charge in [-0.3, -0.25) is 0 Å². The van der Waals surface area contributed by atoms with E-state index in [1.54, 1.807) is 0 Å². The third-order valence-electron chi connectivity index (χ3n) is 1.89. The first kappa shape index (κ1) is 7.34. The molecule has 0 saturated heterocycles. The quantitative estimate of drug-likeness (QED) is 0.621. The van der Waals surface area contributed by atoms with Gasteiger partial charge in [-0.1, -0.05) is 0 Å². The van der Waals surface area contributed by atoms with Crippen LogP contribution in [0.4, 0.5) is 0 Å². The van der Waals surface area contributed by atoms with Gasteiger partial charge in [0.2, 0.25) is 0 Å². The summed E-state index contributed by atoms with van der Waals surface area (Å²) in [6.07, 6.45) is 4.36. The predicted octanol–water partition coefficient (Wildman–Crippen LogP) is 2.27. The Morgan fingerprint density at radius 1 is 1.55 bits per heavy atom. The van der Waals surface area contributed by atoms with Crippen molar-refractivity contribution in [1.29, 1.82) is 0 Å². The number of aromatic hydroxyl groups is 1. The minimum Gasteiger partial charge on any atom is -0.505 e. The molecule has 0 aromatic carbocycles. The van der Waals surface area contributed by atoms with Crippen LogP contribution >= 0.6 is 22.6 Å². The van der Waals surface area contributed by atoms with E-state index in [1.807, 2.05) is 34.9 Å². The fourth-order valence-electron chi connectivity index (χ4n) is 1.09. The highest BCUT2D eigenvalue weighted by Gasteiger charge is 2.24. The Hall–Kier alpha value is -0.320. The molecule has 1 aromatic rings. The average Bonchev–Trinajstić information content (AvgIpc) is 2.77. The molecule has 2 rings (SSSR count). The summed E-state index contributed by atoms with van der Waals surface area (Å²) in [4.78, 5) is 4.08. The molecule has 0 bridgehead atoms. The zero-order valence-electron chi connectivity index (χ0n) is 5.92. The van der Waals surface area contributed by atoms with Crippen LogP contribution in [0, 0.1) is 3.70 Å². The van der Waals surface area contributed by atoms with Gasteiger partial charge in [-0.15, -0.1) is 0 Å². The fourth-order valence-corrected chi connectivity index (χ4v) is 1.39. The van der Waals surface area contributed by atoms with Gasteiger partial charge in [0, 0.05) is 6.20 Å². The first-order chi connectivity index (χ1) is 5.27. The molecule has 3 heteroatoms. The zero-order chi connectivity index (χ0) is 7.84. The Morgan fingerprint density at radius 2 is 2.27 bits per heavy atom. The Labute approximate surface area is 78.8 Å². The largest absolute Gasteiger partial charge is 0.505 e. The average molecular weight is 261 g/mol. The van der Waals surface area contributed by atoms with Gasteiger partial charge in [0.1, 0.15) is 9.45 Å². The van der Waals surface area contributed by atoms with Crippen LogP contribution < -0.4 is 0 Å². The van der Waals surface area contributed by atoms with Gasteiger partial charge in [-0.25, -0.2) is 4.98 Å². The molecule has 0 radical (unpaired) electrons. The van der Waals surface area contributed by atoms with Crippen LogP contribution in [0.3, 0.4) is 0 Å². The number of hydrogen-bond donors (Lipinski definition) is 1. The highest BCUT2D eigenvalue weighted by atomic mass is 127. The number of pyridine rings is 1. The molecule has 0 atom stereocenters. The van der Waals surface area contributed by atoms with E-state index in [9.17, 15) is 5.11 Å². The molecule has 1 heterocycles. The van der Waals surface area contributed by atoms with Crippen LogP contribution in [0.25, 0.3) is 0 Å². The third kappa shape index (κ3) is 1.47. The van der Waals surface area contributed by atoms with Crippen LogP contribution in [0.5, 0.6) is 5.75 Å². The van der Waals surface area contributed by atoms with Crippen LogP contribution in [0.1, 0.15) is 24.3 Å². The van der Waals surface area contributed by atoms with Gasteiger partial charge >= 0.3 is 0 Å². The van der Waals surface area contributed by atoms with E-state index >= 15 is 0 Å². The molecule has 58 valence electrons. The van der Waals surface area contributed by atoms with Crippen molar-refractivity contribution in [2.75, 3.05) is 0 Å². The van der Waals surface area contributed by atoms with Crippen LogP contribution in [-0.2, 0) is 0 Å². The summed E-state index contributed by atoms with van der Waals surface area (Å²) in [5.74, 6) is 0.986. The first-order valence-electron chi connectivity index (χ1n) is 3.62. The van der Waals surface area contributed by atoms with Crippen molar-refractivity contribution in [3.05, 3.63) is 21.5 Å². The Morgan fingerprint density at radius 3 is 2.82 bits per heavy atom. The molecule has 1 aromatic heterocycles. The second-order valence-corrected chi connectivity index (χ2v) is 3.87. The number of rotatable bonds is 1. The highest BCUT2D eigenvalue weighted by molar-refractivity contribution is 14.1. The normalized spacial score (nSPS) is 16.8. The standard InChI is InChI=1S/C8H8INO/c9-8-7(11)3-6(4-10-8)5-1-2-5/h3-5,11H,1-2H2. The number of aromatic nitrogens is 1. The highest BCUT2D eigenvalue weighted by Crippen LogP contribution is 2.40. The monoisotopic (exact) mass is 261 g/mol. The van der Waals surface area contributed by atoms with E-state index in [2.05, 4.69) is 4.98 Å². The Bertz CT molecular complexity index is 283. The lowest BCUT2D eigenvalue weighted by atomic mass is 10.2. The van der Waals surface area contributed by atoms with Crippen LogP contribution in [-0.4, -0.2) is 10.1 Å². The van der Waals surface area contributed by atoms with E-state index in [1.165, 1.54) is 18.4 Å². The second kappa shape index (κ2) is 2.62.